The molecule has 1 heterocycles. The zero-order valence-electron chi connectivity index (χ0n) is 10.8. The highest BCUT2D eigenvalue weighted by atomic mass is 16.4. The molecule has 0 atom stereocenters. The van der Waals surface area contributed by atoms with E-state index in [1.165, 1.54) is 16.5 Å². The molecule has 0 aliphatic carbocycles. The van der Waals surface area contributed by atoms with Gasteiger partial charge in [-0.15, -0.1) is 0 Å². The van der Waals surface area contributed by atoms with Crippen LogP contribution in [0, 0.1) is 6.92 Å². The van der Waals surface area contributed by atoms with E-state index in [1.807, 2.05) is 6.07 Å². The molecule has 1 aromatic heterocycles. The van der Waals surface area contributed by atoms with Gasteiger partial charge >= 0.3 is 0 Å². The van der Waals surface area contributed by atoms with E-state index in [2.05, 4.69) is 44.0 Å². The molecule has 0 fully saturated rings. The van der Waals surface area contributed by atoms with E-state index in [-0.39, 0.29) is 6.01 Å². The molecule has 2 N–H and O–H groups in total. The van der Waals surface area contributed by atoms with E-state index < -0.39 is 0 Å². The fourth-order valence-electron chi connectivity index (χ4n) is 2.76. The van der Waals surface area contributed by atoms with Gasteiger partial charge < -0.3 is 10.2 Å². The van der Waals surface area contributed by atoms with Crippen molar-refractivity contribution in [3.63, 3.8) is 0 Å². The van der Waals surface area contributed by atoms with Crippen molar-refractivity contribution in [3.8, 4) is 0 Å². The summed E-state index contributed by atoms with van der Waals surface area (Å²) in [6.45, 7) is 6.49. The molecule has 0 spiro atoms. The molecule has 0 aliphatic heterocycles. The molecule has 0 unspecified atom stereocenters. The van der Waals surface area contributed by atoms with Crippen molar-refractivity contribution in [1.29, 1.82) is 0 Å². The molecule has 18 heavy (non-hydrogen) atoms. The van der Waals surface area contributed by atoms with Crippen LogP contribution in [0.25, 0.3) is 21.9 Å². The summed E-state index contributed by atoms with van der Waals surface area (Å²) in [6, 6.07) is 8.50. The molecule has 0 saturated carbocycles. The molecule has 0 saturated heterocycles. The van der Waals surface area contributed by atoms with E-state index in [4.69, 9.17) is 10.2 Å². The number of hydrogen-bond acceptors (Lipinski definition) is 3. The van der Waals surface area contributed by atoms with Crippen LogP contribution in [0.2, 0.25) is 0 Å². The first-order valence-electron chi connectivity index (χ1n) is 6.16. The maximum atomic E-state index is 5.70. The van der Waals surface area contributed by atoms with Gasteiger partial charge in [-0.25, -0.2) is 0 Å². The zero-order chi connectivity index (χ0) is 12.9. The first-order chi connectivity index (χ1) is 8.59. The van der Waals surface area contributed by atoms with Crippen molar-refractivity contribution in [1.82, 2.24) is 4.98 Å². The summed E-state index contributed by atoms with van der Waals surface area (Å²) >= 11 is 0. The number of nitrogen functional groups attached to an aromatic ring is 1. The first kappa shape index (κ1) is 11.1. The van der Waals surface area contributed by atoms with Crippen LogP contribution in [0.15, 0.2) is 28.7 Å². The Labute approximate surface area is 106 Å². The second kappa shape index (κ2) is 3.73. The Morgan fingerprint density at radius 2 is 1.83 bits per heavy atom. The third-order valence-corrected chi connectivity index (χ3v) is 3.44. The predicted molar refractivity (Wildman–Crippen MR) is 74.8 cm³/mol. The Hall–Kier alpha value is -2.03. The molecular formula is C15H16N2O. The number of rotatable bonds is 1. The number of fused-ring (bicyclic) bond motifs is 3. The van der Waals surface area contributed by atoms with Crippen LogP contribution in [0.3, 0.4) is 0 Å². The molecule has 92 valence electrons. The topological polar surface area (TPSA) is 52.0 Å². The maximum absolute atomic E-state index is 5.70. The van der Waals surface area contributed by atoms with Gasteiger partial charge in [0.1, 0.15) is 5.52 Å². The quantitative estimate of drug-likeness (QED) is 0.699. The number of hydrogen-bond donors (Lipinski definition) is 1. The van der Waals surface area contributed by atoms with Crippen molar-refractivity contribution >= 4 is 27.9 Å². The molecule has 3 aromatic rings. The fraction of sp³-hybridized carbons (Fsp3) is 0.267. The van der Waals surface area contributed by atoms with Crippen molar-refractivity contribution in [2.45, 2.75) is 26.7 Å². The largest absolute Gasteiger partial charge is 0.423 e. The lowest BCUT2D eigenvalue weighted by atomic mass is 9.91. The lowest BCUT2D eigenvalue weighted by molar-refractivity contribution is 0.629. The minimum atomic E-state index is 0.235. The summed E-state index contributed by atoms with van der Waals surface area (Å²) in [6.07, 6.45) is 0. The molecular weight excluding hydrogens is 224 g/mol. The second-order valence-electron chi connectivity index (χ2n) is 4.97. The van der Waals surface area contributed by atoms with Crippen molar-refractivity contribution < 1.29 is 4.42 Å². The van der Waals surface area contributed by atoms with Crippen molar-refractivity contribution in [3.05, 3.63) is 35.4 Å². The summed E-state index contributed by atoms with van der Waals surface area (Å²) in [5, 5.41) is 2.32. The minimum Gasteiger partial charge on any atom is -0.423 e. The smallest absolute Gasteiger partial charge is 0.293 e. The number of benzene rings is 2. The van der Waals surface area contributed by atoms with E-state index in [9.17, 15) is 0 Å². The number of nitrogens with two attached hydrogens (primary N) is 1. The third-order valence-electron chi connectivity index (χ3n) is 3.44. The van der Waals surface area contributed by atoms with Crippen molar-refractivity contribution in [2.24, 2.45) is 0 Å². The molecule has 2 aromatic carbocycles. The van der Waals surface area contributed by atoms with E-state index in [0.717, 1.165) is 16.5 Å². The van der Waals surface area contributed by atoms with Crippen molar-refractivity contribution in [2.75, 3.05) is 5.73 Å². The Morgan fingerprint density at radius 1 is 1.17 bits per heavy atom. The average Bonchev–Trinajstić information content (AvgIpc) is 2.71. The molecule has 0 aliphatic rings. The van der Waals surface area contributed by atoms with E-state index in [0.29, 0.717) is 5.92 Å². The van der Waals surface area contributed by atoms with Gasteiger partial charge in [-0.3, -0.25) is 0 Å². The fourth-order valence-corrected chi connectivity index (χ4v) is 2.76. The van der Waals surface area contributed by atoms with Gasteiger partial charge in [-0.1, -0.05) is 38.1 Å². The highest BCUT2D eigenvalue weighted by Crippen LogP contribution is 2.36. The SMILES string of the molecule is Cc1c(C(C)C)c2ccccc2c2oc(N)nc12. The standard InChI is InChI=1S/C15H16N2O/c1-8(2)12-9(3)13-14(18-15(16)17-13)11-7-5-4-6-10(11)12/h4-8H,1-3H3,(H2,16,17). The van der Waals surface area contributed by atoms with Crippen LogP contribution >= 0.6 is 0 Å². The van der Waals surface area contributed by atoms with Gasteiger partial charge in [-0.2, -0.15) is 4.98 Å². The maximum Gasteiger partial charge on any atom is 0.293 e. The number of anilines is 1. The highest BCUT2D eigenvalue weighted by Gasteiger charge is 2.17. The summed E-state index contributed by atoms with van der Waals surface area (Å²) in [4.78, 5) is 4.32. The number of aryl methyl sites for hydroxylation is 1. The summed E-state index contributed by atoms with van der Waals surface area (Å²) in [5.41, 5.74) is 9.87. The molecule has 3 nitrogen and oxygen atoms in total. The van der Waals surface area contributed by atoms with Gasteiger partial charge in [0.15, 0.2) is 5.58 Å². The van der Waals surface area contributed by atoms with Crippen LogP contribution in [-0.4, -0.2) is 4.98 Å². The van der Waals surface area contributed by atoms with Crippen LogP contribution < -0.4 is 5.73 Å². The predicted octanol–water partition coefficient (Wildman–Crippen LogP) is 4.00. The van der Waals surface area contributed by atoms with Gasteiger partial charge in [0.25, 0.3) is 6.01 Å². The average molecular weight is 240 g/mol. The minimum absolute atomic E-state index is 0.235. The highest BCUT2D eigenvalue weighted by molar-refractivity contribution is 6.07. The molecule has 0 amide bonds. The molecule has 0 bridgehead atoms. The van der Waals surface area contributed by atoms with Crippen LogP contribution in [0.1, 0.15) is 30.9 Å². The van der Waals surface area contributed by atoms with Gasteiger partial charge in [0, 0.05) is 5.39 Å². The van der Waals surface area contributed by atoms with Gasteiger partial charge in [-0.05, 0) is 29.4 Å². The Bertz CT molecular complexity index is 741. The van der Waals surface area contributed by atoms with Crippen LogP contribution in [0.5, 0.6) is 0 Å². The Kier molecular flexibility index (Phi) is 2.30. The zero-order valence-corrected chi connectivity index (χ0v) is 10.8. The second-order valence-corrected chi connectivity index (χ2v) is 4.97. The Morgan fingerprint density at radius 3 is 2.50 bits per heavy atom. The monoisotopic (exact) mass is 240 g/mol. The number of oxazole rings is 1. The van der Waals surface area contributed by atoms with Crippen LogP contribution in [0.4, 0.5) is 6.01 Å². The lowest BCUT2D eigenvalue weighted by Gasteiger charge is -2.14. The number of aromatic nitrogens is 1. The normalized spacial score (nSPS) is 11.8. The van der Waals surface area contributed by atoms with Gasteiger partial charge in [0.2, 0.25) is 0 Å². The molecule has 3 rings (SSSR count). The van der Waals surface area contributed by atoms with E-state index >= 15 is 0 Å². The summed E-state index contributed by atoms with van der Waals surface area (Å²) in [7, 11) is 0. The van der Waals surface area contributed by atoms with Gasteiger partial charge in [0.05, 0.1) is 0 Å². The number of nitrogens with zero attached hydrogens (tertiary/aromatic N) is 1. The van der Waals surface area contributed by atoms with E-state index in [1.54, 1.807) is 0 Å². The lowest BCUT2D eigenvalue weighted by Crippen LogP contribution is -1.95. The third kappa shape index (κ3) is 1.40. The van der Waals surface area contributed by atoms with Crippen LogP contribution in [-0.2, 0) is 0 Å². The molecule has 0 radical (unpaired) electrons. The Balaban J connectivity index is 2.61. The summed E-state index contributed by atoms with van der Waals surface area (Å²) < 4.78 is 5.56. The molecule has 3 heteroatoms. The first-order valence-corrected chi connectivity index (χ1v) is 6.16. The summed E-state index contributed by atoms with van der Waals surface area (Å²) in [5.74, 6) is 0.442.